The van der Waals surface area contributed by atoms with Gasteiger partial charge in [0.25, 0.3) is 5.91 Å². The number of hydrazine groups is 1. The highest BCUT2D eigenvalue weighted by molar-refractivity contribution is 8.00. The Hall–Kier alpha value is -1.69. The van der Waals surface area contributed by atoms with Gasteiger partial charge in [-0.05, 0) is 17.4 Å². The number of benzene rings is 1. The molecule has 0 aliphatic carbocycles. The van der Waals surface area contributed by atoms with E-state index in [0.717, 1.165) is 0 Å². The summed E-state index contributed by atoms with van der Waals surface area (Å²) in [4.78, 5) is 23.0. The van der Waals surface area contributed by atoms with Crippen LogP contribution in [0.15, 0.2) is 24.3 Å². The molecular formula is C12H16N2O3S. The number of nitrogens with one attached hydrogen (secondary N) is 2. The van der Waals surface area contributed by atoms with E-state index in [1.54, 1.807) is 12.1 Å². The Balaban J connectivity index is 2.42. The number of aromatic hydroxyl groups is 1. The molecule has 0 aliphatic heterocycles. The highest BCUT2D eigenvalue weighted by Gasteiger charge is 2.11. The van der Waals surface area contributed by atoms with E-state index in [9.17, 15) is 14.7 Å². The zero-order valence-corrected chi connectivity index (χ0v) is 11.1. The monoisotopic (exact) mass is 268 g/mol. The predicted octanol–water partition coefficient (Wildman–Crippen LogP) is 1.29. The van der Waals surface area contributed by atoms with Gasteiger partial charge in [-0.3, -0.25) is 20.4 Å². The van der Waals surface area contributed by atoms with Crippen molar-refractivity contribution in [1.82, 2.24) is 10.9 Å². The van der Waals surface area contributed by atoms with Gasteiger partial charge in [0.05, 0.1) is 11.3 Å². The van der Waals surface area contributed by atoms with Crippen LogP contribution in [0.2, 0.25) is 0 Å². The maximum Gasteiger partial charge on any atom is 0.273 e. The van der Waals surface area contributed by atoms with E-state index in [1.807, 2.05) is 13.8 Å². The lowest BCUT2D eigenvalue weighted by Gasteiger charge is -2.09. The first-order valence-corrected chi connectivity index (χ1v) is 6.54. The Morgan fingerprint density at radius 3 is 2.56 bits per heavy atom. The summed E-state index contributed by atoms with van der Waals surface area (Å²) in [5.41, 5.74) is 4.66. The van der Waals surface area contributed by atoms with Gasteiger partial charge < -0.3 is 5.11 Å². The number of hydrogen-bond donors (Lipinski definition) is 3. The minimum absolute atomic E-state index is 0.120. The molecule has 0 spiro atoms. The van der Waals surface area contributed by atoms with E-state index in [2.05, 4.69) is 10.9 Å². The number of phenols is 1. The molecule has 3 N–H and O–H groups in total. The summed E-state index contributed by atoms with van der Waals surface area (Å²) in [6.45, 7) is 3.97. The fourth-order valence-electron chi connectivity index (χ4n) is 1.14. The van der Waals surface area contributed by atoms with Crippen LogP contribution in [-0.2, 0) is 4.79 Å². The molecule has 18 heavy (non-hydrogen) atoms. The smallest absolute Gasteiger partial charge is 0.273 e. The molecule has 0 heterocycles. The van der Waals surface area contributed by atoms with Crippen molar-refractivity contribution in [2.75, 3.05) is 5.75 Å². The molecule has 0 radical (unpaired) electrons. The predicted molar refractivity (Wildman–Crippen MR) is 71.3 cm³/mol. The SMILES string of the molecule is CC(C)SCC(=O)NNC(=O)c1ccccc1O. The van der Waals surface area contributed by atoms with Crippen molar-refractivity contribution in [2.45, 2.75) is 19.1 Å². The van der Waals surface area contributed by atoms with Gasteiger partial charge in [0.1, 0.15) is 5.75 Å². The van der Waals surface area contributed by atoms with Crippen LogP contribution in [0.25, 0.3) is 0 Å². The molecule has 1 aromatic rings. The molecule has 1 aromatic carbocycles. The Labute approximate surface area is 110 Å². The highest BCUT2D eigenvalue weighted by Crippen LogP contribution is 2.14. The normalized spacial score (nSPS) is 10.2. The van der Waals surface area contributed by atoms with Crippen molar-refractivity contribution in [3.05, 3.63) is 29.8 Å². The van der Waals surface area contributed by atoms with Gasteiger partial charge in [-0.15, -0.1) is 11.8 Å². The first-order valence-electron chi connectivity index (χ1n) is 5.49. The first kappa shape index (κ1) is 14.4. The number of carbonyl (C=O) groups excluding carboxylic acids is 2. The quantitative estimate of drug-likeness (QED) is 0.719. The van der Waals surface area contributed by atoms with Crippen molar-refractivity contribution >= 4 is 23.6 Å². The number of hydrogen-bond acceptors (Lipinski definition) is 4. The molecular weight excluding hydrogens is 252 g/mol. The summed E-state index contributed by atoms with van der Waals surface area (Å²) in [6, 6.07) is 6.13. The lowest BCUT2D eigenvalue weighted by molar-refractivity contribution is -0.119. The molecule has 5 nitrogen and oxygen atoms in total. The maximum atomic E-state index is 11.6. The van der Waals surface area contributed by atoms with E-state index < -0.39 is 5.91 Å². The lowest BCUT2D eigenvalue weighted by atomic mass is 10.2. The van der Waals surface area contributed by atoms with E-state index in [1.165, 1.54) is 23.9 Å². The molecule has 0 atom stereocenters. The first-order chi connectivity index (χ1) is 8.50. The van der Waals surface area contributed by atoms with Gasteiger partial charge in [-0.1, -0.05) is 26.0 Å². The third-order valence-corrected chi connectivity index (χ3v) is 3.11. The summed E-state index contributed by atoms with van der Waals surface area (Å²) in [5, 5.41) is 9.80. The van der Waals surface area contributed by atoms with E-state index in [4.69, 9.17) is 0 Å². The van der Waals surface area contributed by atoms with E-state index in [0.29, 0.717) is 5.25 Å². The van der Waals surface area contributed by atoms with Crippen LogP contribution in [0, 0.1) is 0 Å². The summed E-state index contributed by atoms with van der Waals surface area (Å²) >= 11 is 1.48. The standard InChI is InChI=1S/C12H16N2O3S/c1-8(2)18-7-11(16)13-14-12(17)9-5-3-4-6-10(9)15/h3-6,8,15H,7H2,1-2H3,(H,13,16)(H,14,17). The Morgan fingerprint density at radius 1 is 1.28 bits per heavy atom. The van der Waals surface area contributed by atoms with Crippen molar-refractivity contribution in [3.63, 3.8) is 0 Å². The maximum absolute atomic E-state index is 11.6. The molecule has 0 saturated carbocycles. The number of thioether (sulfide) groups is 1. The van der Waals surface area contributed by atoms with Crippen LogP contribution in [0.4, 0.5) is 0 Å². The highest BCUT2D eigenvalue weighted by atomic mass is 32.2. The minimum atomic E-state index is -0.545. The topological polar surface area (TPSA) is 78.4 Å². The van der Waals surface area contributed by atoms with Gasteiger partial charge in [0.2, 0.25) is 5.91 Å². The zero-order valence-electron chi connectivity index (χ0n) is 10.3. The molecule has 0 aliphatic rings. The third kappa shape index (κ3) is 4.67. The zero-order chi connectivity index (χ0) is 13.5. The number of amides is 2. The summed E-state index contributed by atoms with van der Waals surface area (Å²) in [6.07, 6.45) is 0. The molecule has 1 rings (SSSR count). The van der Waals surface area contributed by atoms with Crippen LogP contribution in [0.5, 0.6) is 5.75 Å². The average Bonchev–Trinajstić information content (AvgIpc) is 2.34. The third-order valence-electron chi connectivity index (χ3n) is 2.01. The molecule has 6 heteroatoms. The minimum Gasteiger partial charge on any atom is -0.507 e. The van der Waals surface area contributed by atoms with Crippen molar-refractivity contribution in [2.24, 2.45) is 0 Å². The Kier molecular flexibility index (Phi) is 5.51. The van der Waals surface area contributed by atoms with Gasteiger partial charge >= 0.3 is 0 Å². The van der Waals surface area contributed by atoms with E-state index >= 15 is 0 Å². The van der Waals surface area contributed by atoms with Crippen LogP contribution < -0.4 is 10.9 Å². The summed E-state index contributed by atoms with van der Waals surface area (Å²) in [7, 11) is 0. The van der Waals surface area contributed by atoms with Crippen molar-refractivity contribution < 1.29 is 14.7 Å². The second-order valence-corrected chi connectivity index (χ2v) is 5.44. The fourth-order valence-corrected chi connectivity index (χ4v) is 1.69. The molecule has 2 amide bonds. The molecule has 0 unspecified atom stereocenters. The number of rotatable bonds is 4. The van der Waals surface area contributed by atoms with Gasteiger partial charge in [-0.25, -0.2) is 0 Å². The van der Waals surface area contributed by atoms with E-state index in [-0.39, 0.29) is 23.0 Å². The van der Waals surface area contributed by atoms with Crippen LogP contribution in [-0.4, -0.2) is 27.9 Å². The Morgan fingerprint density at radius 2 is 1.94 bits per heavy atom. The summed E-state index contributed by atoms with van der Waals surface area (Å²) < 4.78 is 0. The molecule has 98 valence electrons. The second-order valence-electron chi connectivity index (χ2n) is 3.88. The molecule has 0 bridgehead atoms. The average molecular weight is 268 g/mol. The molecule has 0 saturated heterocycles. The lowest BCUT2D eigenvalue weighted by Crippen LogP contribution is -2.42. The largest absolute Gasteiger partial charge is 0.507 e. The molecule has 0 aromatic heterocycles. The molecule has 0 fully saturated rings. The van der Waals surface area contributed by atoms with Crippen LogP contribution in [0.3, 0.4) is 0 Å². The van der Waals surface area contributed by atoms with Crippen LogP contribution in [0.1, 0.15) is 24.2 Å². The number of carbonyl (C=O) groups is 2. The van der Waals surface area contributed by atoms with Gasteiger partial charge in [-0.2, -0.15) is 0 Å². The van der Waals surface area contributed by atoms with Gasteiger partial charge in [0, 0.05) is 0 Å². The van der Waals surface area contributed by atoms with Crippen molar-refractivity contribution in [3.8, 4) is 5.75 Å². The van der Waals surface area contributed by atoms with Gasteiger partial charge in [0.15, 0.2) is 0 Å². The number of phenolic OH excluding ortho intramolecular Hbond substituents is 1. The summed E-state index contributed by atoms with van der Waals surface area (Å²) in [5.74, 6) is -0.673. The van der Waals surface area contributed by atoms with Crippen molar-refractivity contribution in [1.29, 1.82) is 0 Å². The van der Waals surface area contributed by atoms with Crippen LogP contribution >= 0.6 is 11.8 Å². The Bertz CT molecular complexity index is 435. The number of para-hydroxylation sites is 1. The second kappa shape index (κ2) is 6.90. The fraction of sp³-hybridized carbons (Fsp3) is 0.333.